The van der Waals surface area contributed by atoms with Gasteiger partial charge in [0.05, 0.1) is 16.0 Å². The lowest BCUT2D eigenvalue weighted by Crippen LogP contribution is -2.69. The van der Waals surface area contributed by atoms with Gasteiger partial charge >= 0.3 is 5.97 Å². The molecule has 1 spiro atoms. The Kier molecular flexibility index (Phi) is 6.85. The second kappa shape index (κ2) is 9.53. The van der Waals surface area contributed by atoms with E-state index in [-0.39, 0.29) is 28.3 Å². The van der Waals surface area contributed by atoms with Crippen molar-refractivity contribution in [3.63, 3.8) is 0 Å². The van der Waals surface area contributed by atoms with Crippen LogP contribution in [0.5, 0.6) is 5.75 Å². The Morgan fingerprint density at radius 1 is 1.13 bits per heavy atom. The van der Waals surface area contributed by atoms with Crippen molar-refractivity contribution in [2.45, 2.75) is 44.7 Å². The SMILES string of the molecule is CN1C(=O)c2c(O)c(=O)c(C(=N)SC(=N)Cc3ccc(F)cc3F)cn2N(C)C12CCC(C)(C(=O)O)CC2. The van der Waals surface area contributed by atoms with Crippen molar-refractivity contribution < 1.29 is 28.6 Å². The van der Waals surface area contributed by atoms with Gasteiger partial charge in [0, 0.05) is 32.8 Å². The first-order valence-electron chi connectivity index (χ1n) is 11.7. The third kappa shape index (κ3) is 4.34. The average molecular weight is 548 g/mol. The van der Waals surface area contributed by atoms with Gasteiger partial charge in [0.1, 0.15) is 22.3 Å². The lowest BCUT2D eigenvalue weighted by molar-refractivity contribution is -0.151. The number of amides is 1. The zero-order chi connectivity index (χ0) is 28.2. The van der Waals surface area contributed by atoms with Crippen LogP contribution in [0.15, 0.2) is 29.2 Å². The van der Waals surface area contributed by atoms with E-state index < -0.39 is 50.8 Å². The summed E-state index contributed by atoms with van der Waals surface area (Å²) in [5.41, 5.74) is -3.37. The molecule has 2 aliphatic rings. The van der Waals surface area contributed by atoms with Gasteiger partial charge in [0.15, 0.2) is 11.4 Å². The van der Waals surface area contributed by atoms with E-state index in [4.69, 9.17) is 10.8 Å². The molecule has 1 aromatic heterocycles. The van der Waals surface area contributed by atoms with Gasteiger partial charge in [-0.2, -0.15) is 0 Å². The molecule has 2 heterocycles. The highest BCUT2D eigenvalue weighted by Gasteiger charge is 2.53. The molecule has 38 heavy (non-hydrogen) atoms. The summed E-state index contributed by atoms with van der Waals surface area (Å²) >= 11 is 0.569. The maximum absolute atomic E-state index is 14.0. The maximum Gasteiger partial charge on any atom is 0.309 e. The zero-order valence-electron chi connectivity index (χ0n) is 21.0. The largest absolute Gasteiger partial charge is 0.502 e. The van der Waals surface area contributed by atoms with E-state index in [0.717, 1.165) is 6.07 Å². The van der Waals surface area contributed by atoms with Gasteiger partial charge in [-0.3, -0.25) is 34.9 Å². The van der Waals surface area contributed by atoms with Crippen LogP contribution < -0.4 is 10.4 Å². The predicted octanol–water partition coefficient (Wildman–Crippen LogP) is 3.13. The van der Waals surface area contributed by atoms with Gasteiger partial charge < -0.3 is 15.1 Å². The Morgan fingerprint density at radius 3 is 2.34 bits per heavy atom. The molecule has 1 aliphatic carbocycles. The number of aliphatic carboxylic acids is 1. The van der Waals surface area contributed by atoms with Gasteiger partial charge in [-0.15, -0.1) is 0 Å². The summed E-state index contributed by atoms with van der Waals surface area (Å²) in [4.78, 5) is 39.5. The number of carbonyl (C=O) groups is 2. The van der Waals surface area contributed by atoms with E-state index in [1.165, 1.54) is 28.9 Å². The van der Waals surface area contributed by atoms with Gasteiger partial charge in [-0.05, 0) is 44.2 Å². The minimum Gasteiger partial charge on any atom is -0.502 e. The third-order valence-electron chi connectivity index (χ3n) is 7.73. The van der Waals surface area contributed by atoms with Crippen molar-refractivity contribution in [3.8, 4) is 5.75 Å². The van der Waals surface area contributed by atoms with Crippen LogP contribution in [0, 0.1) is 27.9 Å². The summed E-state index contributed by atoms with van der Waals surface area (Å²) in [5.74, 6) is -3.99. The summed E-state index contributed by atoms with van der Waals surface area (Å²) in [5, 5.41) is 38.0. The zero-order valence-corrected chi connectivity index (χ0v) is 21.8. The Labute approximate surface area is 220 Å². The quantitative estimate of drug-likeness (QED) is 0.339. The summed E-state index contributed by atoms with van der Waals surface area (Å²) in [6.45, 7) is 1.66. The van der Waals surface area contributed by atoms with Crippen molar-refractivity contribution in [2.75, 3.05) is 19.1 Å². The number of rotatable bonds is 4. The number of aromatic nitrogens is 1. The summed E-state index contributed by atoms with van der Waals surface area (Å²) in [6.07, 6.45) is 2.22. The van der Waals surface area contributed by atoms with Crippen LogP contribution in [0.3, 0.4) is 0 Å². The molecule has 1 fully saturated rings. The Balaban J connectivity index is 1.65. The number of hydrogen-bond acceptors (Lipinski definition) is 8. The van der Waals surface area contributed by atoms with Gasteiger partial charge in [0.2, 0.25) is 5.43 Å². The number of nitrogens with one attached hydrogen (secondary N) is 2. The van der Waals surface area contributed by atoms with Crippen LogP contribution in [0.2, 0.25) is 0 Å². The number of fused-ring (bicyclic) bond motifs is 1. The first-order valence-corrected chi connectivity index (χ1v) is 12.6. The lowest BCUT2D eigenvalue weighted by Gasteiger charge is -2.56. The molecule has 4 N–H and O–H groups in total. The fourth-order valence-electron chi connectivity index (χ4n) is 5.08. The molecular formula is C25H27F2N5O5S. The Hall–Kier alpha value is -3.74. The van der Waals surface area contributed by atoms with E-state index in [2.05, 4.69) is 0 Å². The average Bonchev–Trinajstić information content (AvgIpc) is 2.85. The molecule has 0 unspecified atom stereocenters. The van der Waals surface area contributed by atoms with Crippen molar-refractivity contribution in [1.82, 2.24) is 9.58 Å². The highest BCUT2D eigenvalue weighted by molar-refractivity contribution is 8.26. The van der Waals surface area contributed by atoms with Crippen LogP contribution in [0.25, 0.3) is 0 Å². The van der Waals surface area contributed by atoms with Crippen LogP contribution in [-0.2, 0) is 11.2 Å². The molecule has 1 saturated carbocycles. The second-order valence-electron chi connectivity index (χ2n) is 9.92. The van der Waals surface area contributed by atoms with E-state index in [1.807, 2.05) is 0 Å². The summed E-state index contributed by atoms with van der Waals surface area (Å²) in [6, 6.07) is 2.94. The maximum atomic E-state index is 14.0. The van der Waals surface area contributed by atoms with Crippen molar-refractivity contribution in [3.05, 3.63) is 63.1 Å². The van der Waals surface area contributed by atoms with Crippen LogP contribution in [-0.4, -0.2) is 61.5 Å². The molecule has 1 amide bonds. The van der Waals surface area contributed by atoms with Crippen molar-refractivity contribution in [1.29, 1.82) is 10.8 Å². The Bertz CT molecular complexity index is 1430. The van der Waals surface area contributed by atoms with Crippen LogP contribution in [0.4, 0.5) is 8.78 Å². The topological polar surface area (TPSA) is 151 Å². The molecule has 2 aromatic rings. The standard InChI is InChI=1S/C25H27F2N5O5S/c1-24(23(36)37)6-8-25(9-7-24)30(2)22(35)18-20(34)19(33)15(12-32(18)31(25)3)21(29)38-17(28)10-13-4-5-14(26)11-16(13)27/h4-5,11-12,28-29,34H,6-10H2,1-3H3,(H,36,37). The molecule has 10 nitrogen and oxygen atoms in total. The second-order valence-corrected chi connectivity index (χ2v) is 11.0. The summed E-state index contributed by atoms with van der Waals surface area (Å²) in [7, 11) is 3.19. The van der Waals surface area contributed by atoms with E-state index >= 15 is 0 Å². The number of carboxylic acids is 1. The van der Waals surface area contributed by atoms with Gasteiger partial charge in [-0.25, -0.2) is 8.78 Å². The van der Waals surface area contributed by atoms with Crippen molar-refractivity contribution in [2.24, 2.45) is 5.41 Å². The Morgan fingerprint density at radius 2 is 1.76 bits per heavy atom. The monoisotopic (exact) mass is 547 g/mol. The molecule has 0 bridgehead atoms. The first-order chi connectivity index (χ1) is 17.7. The highest BCUT2D eigenvalue weighted by atomic mass is 32.2. The molecular weight excluding hydrogens is 520 g/mol. The number of benzene rings is 1. The number of aromatic hydroxyl groups is 1. The highest BCUT2D eigenvalue weighted by Crippen LogP contribution is 2.46. The predicted molar refractivity (Wildman–Crippen MR) is 138 cm³/mol. The molecule has 4 rings (SSSR count). The van der Waals surface area contributed by atoms with Crippen LogP contribution >= 0.6 is 11.8 Å². The molecule has 0 radical (unpaired) electrons. The van der Waals surface area contributed by atoms with Crippen LogP contribution in [0.1, 0.15) is 54.2 Å². The molecule has 1 aliphatic heterocycles. The molecule has 1 aromatic carbocycles. The fourth-order valence-corrected chi connectivity index (χ4v) is 5.81. The lowest BCUT2D eigenvalue weighted by atomic mass is 9.70. The smallest absolute Gasteiger partial charge is 0.309 e. The van der Waals surface area contributed by atoms with Gasteiger partial charge in [0.25, 0.3) is 5.91 Å². The number of carboxylic acid groups (broad SMARTS) is 1. The molecule has 13 heteroatoms. The molecule has 202 valence electrons. The molecule has 0 atom stereocenters. The number of carbonyl (C=O) groups excluding carboxylic acids is 1. The number of halogens is 2. The third-order valence-corrected chi connectivity index (χ3v) is 8.54. The van der Waals surface area contributed by atoms with E-state index in [1.54, 1.807) is 19.0 Å². The van der Waals surface area contributed by atoms with Gasteiger partial charge in [-0.1, -0.05) is 17.8 Å². The molecule has 0 saturated heterocycles. The number of nitrogens with zero attached hydrogens (tertiary/aromatic N) is 3. The van der Waals surface area contributed by atoms with Crippen molar-refractivity contribution >= 4 is 33.7 Å². The fraction of sp³-hybridized carbons (Fsp3) is 0.400. The minimum absolute atomic E-state index is 0.0441. The van der Waals surface area contributed by atoms with E-state index in [0.29, 0.717) is 43.5 Å². The number of pyridine rings is 1. The first kappa shape index (κ1) is 27.3. The number of hydrogen-bond donors (Lipinski definition) is 4. The van der Waals surface area contributed by atoms with E-state index in [9.17, 15) is 33.4 Å². The minimum atomic E-state index is -0.970. The summed E-state index contributed by atoms with van der Waals surface area (Å²) < 4.78 is 28.5. The number of thioether (sulfide) groups is 1. The normalized spacial score (nSPS) is 22.9.